The monoisotopic (exact) mass is 316 g/mol. The number of nitrogens with zero attached hydrogens (tertiary/aromatic N) is 3. The number of nitrogens with one attached hydrogen (secondary N) is 1. The Morgan fingerprint density at radius 2 is 2.00 bits per heavy atom. The minimum atomic E-state index is -0.406. The summed E-state index contributed by atoms with van der Waals surface area (Å²) in [5.41, 5.74) is 1.45. The molecule has 0 spiro atoms. The topological polar surface area (TPSA) is 59.8 Å². The average Bonchev–Trinajstić information content (AvgIpc) is 3.02. The number of hydrogen-bond acceptors (Lipinski definition) is 4. The van der Waals surface area contributed by atoms with Crippen LogP contribution in [0.4, 0.5) is 10.3 Å². The van der Waals surface area contributed by atoms with Crippen LogP contribution < -0.4 is 5.32 Å². The maximum atomic E-state index is 13.2. The Labute approximate surface area is 130 Å². The standard InChI is InChI=1S/C15H13FN4OS/c1-9-8-12(16)22-13(9)14(21)18-15-17-10(2)20(19-15)11-6-4-3-5-7-11/h3-8H,1-2H3,(H,18,19,21). The lowest BCUT2D eigenvalue weighted by atomic mass is 10.3. The summed E-state index contributed by atoms with van der Waals surface area (Å²) in [7, 11) is 0. The Bertz CT molecular complexity index is 825. The van der Waals surface area contributed by atoms with Gasteiger partial charge in [-0.15, -0.1) is 16.4 Å². The molecule has 3 rings (SSSR count). The van der Waals surface area contributed by atoms with E-state index in [9.17, 15) is 9.18 Å². The van der Waals surface area contributed by atoms with Crippen LogP contribution in [0.1, 0.15) is 21.1 Å². The van der Waals surface area contributed by atoms with Crippen LogP contribution in [0.3, 0.4) is 0 Å². The third-order valence-electron chi connectivity index (χ3n) is 3.09. The first kappa shape index (κ1) is 14.4. The summed E-state index contributed by atoms with van der Waals surface area (Å²) in [6.07, 6.45) is 0. The van der Waals surface area contributed by atoms with Crippen molar-refractivity contribution in [2.75, 3.05) is 5.32 Å². The molecule has 0 aliphatic heterocycles. The van der Waals surface area contributed by atoms with Gasteiger partial charge < -0.3 is 0 Å². The number of benzene rings is 1. The number of halogens is 1. The molecule has 1 aromatic carbocycles. The van der Waals surface area contributed by atoms with Crippen LogP contribution in [-0.4, -0.2) is 20.7 Å². The molecule has 0 unspecified atom stereocenters. The molecule has 0 aliphatic carbocycles. The highest BCUT2D eigenvalue weighted by Gasteiger charge is 2.16. The number of aryl methyl sites for hydroxylation is 2. The smallest absolute Gasteiger partial charge is 0.268 e. The largest absolute Gasteiger partial charge is 0.288 e. The van der Waals surface area contributed by atoms with Crippen molar-refractivity contribution in [3.05, 3.63) is 57.8 Å². The summed E-state index contributed by atoms with van der Waals surface area (Å²) < 4.78 is 14.8. The first-order chi connectivity index (χ1) is 10.5. The molecule has 0 fully saturated rings. The van der Waals surface area contributed by atoms with Crippen molar-refractivity contribution in [1.29, 1.82) is 0 Å². The van der Waals surface area contributed by atoms with Crippen molar-refractivity contribution in [1.82, 2.24) is 14.8 Å². The summed E-state index contributed by atoms with van der Waals surface area (Å²) in [6, 6.07) is 10.8. The summed E-state index contributed by atoms with van der Waals surface area (Å²) in [5.74, 6) is 0.437. The molecule has 3 aromatic rings. The Morgan fingerprint density at radius 1 is 1.27 bits per heavy atom. The SMILES string of the molecule is Cc1cc(F)sc1C(=O)Nc1nc(C)n(-c2ccccc2)n1. The highest BCUT2D eigenvalue weighted by Crippen LogP contribution is 2.21. The maximum Gasteiger partial charge on any atom is 0.268 e. The van der Waals surface area contributed by atoms with Crippen LogP contribution in [-0.2, 0) is 0 Å². The number of amides is 1. The summed E-state index contributed by atoms with van der Waals surface area (Å²) >= 11 is 0.808. The Morgan fingerprint density at radius 3 is 2.64 bits per heavy atom. The molecule has 0 saturated heterocycles. The lowest BCUT2D eigenvalue weighted by molar-refractivity contribution is 0.102. The first-order valence-electron chi connectivity index (χ1n) is 6.61. The van der Waals surface area contributed by atoms with Crippen LogP contribution in [0.15, 0.2) is 36.4 Å². The van der Waals surface area contributed by atoms with Crippen molar-refractivity contribution in [3.8, 4) is 5.69 Å². The van der Waals surface area contributed by atoms with Gasteiger partial charge in [0.1, 0.15) is 5.82 Å². The van der Waals surface area contributed by atoms with Crippen LogP contribution >= 0.6 is 11.3 Å². The van der Waals surface area contributed by atoms with Gasteiger partial charge in [0, 0.05) is 0 Å². The van der Waals surface area contributed by atoms with Crippen molar-refractivity contribution in [3.63, 3.8) is 0 Å². The summed E-state index contributed by atoms with van der Waals surface area (Å²) in [5, 5.41) is 6.48. The lowest BCUT2D eigenvalue weighted by Crippen LogP contribution is -2.12. The van der Waals surface area contributed by atoms with Gasteiger partial charge in [-0.1, -0.05) is 18.2 Å². The van der Waals surface area contributed by atoms with Crippen molar-refractivity contribution < 1.29 is 9.18 Å². The minimum Gasteiger partial charge on any atom is -0.288 e. The predicted molar refractivity (Wildman–Crippen MR) is 83.1 cm³/mol. The molecular weight excluding hydrogens is 303 g/mol. The van der Waals surface area contributed by atoms with E-state index in [4.69, 9.17) is 0 Å². The molecule has 1 amide bonds. The average molecular weight is 316 g/mol. The fraction of sp³-hybridized carbons (Fsp3) is 0.133. The second-order valence-electron chi connectivity index (χ2n) is 4.75. The quantitative estimate of drug-likeness (QED) is 0.806. The number of carbonyl (C=O) groups excluding carboxylic acids is 1. The Balaban J connectivity index is 1.85. The van der Waals surface area contributed by atoms with Gasteiger partial charge >= 0.3 is 0 Å². The molecule has 2 heterocycles. The molecule has 0 aliphatic rings. The van der Waals surface area contributed by atoms with E-state index < -0.39 is 5.91 Å². The first-order valence-corrected chi connectivity index (χ1v) is 7.42. The molecular formula is C15H13FN4OS. The van der Waals surface area contributed by atoms with E-state index in [2.05, 4.69) is 15.4 Å². The van der Waals surface area contributed by atoms with Crippen molar-refractivity contribution in [2.45, 2.75) is 13.8 Å². The highest BCUT2D eigenvalue weighted by atomic mass is 32.1. The van der Waals surface area contributed by atoms with E-state index >= 15 is 0 Å². The van der Waals surface area contributed by atoms with E-state index in [0.717, 1.165) is 17.0 Å². The Hall–Kier alpha value is -2.54. The van der Waals surface area contributed by atoms with Crippen molar-refractivity contribution in [2.24, 2.45) is 0 Å². The number of carbonyl (C=O) groups is 1. The molecule has 112 valence electrons. The van der Waals surface area contributed by atoms with E-state index in [1.807, 2.05) is 30.3 Å². The van der Waals surface area contributed by atoms with Gasteiger partial charge in [-0.2, -0.15) is 9.37 Å². The second-order valence-corrected chi connectivity index (χ2v) is 5.75. The normalized spacial score (nSPS) is 10.7. The number of aromatic nitrogens is 3. The second kappa shape index (κ2) is 5.69. The molecule has 0 radical (unpaired) electrons. The van der Waals surface area contributed by atoms with E-state index in [-0.39, 0.29) is 11.1 Å². The maximum absolute atomic E-state index is 13.2. The fourth-order valence-electron chi connectivity index (χ4n) is 2.08. The fourth-order valence-corrected chi connectivity index (χ4v) is 2.88. The molecule has 1 N–H and O–H groups in total. The molecule has 2 aromatic heterocycles. The molecule has 0 saturated carbocycles. The van der Waals surface area contributed by atoms with Gasteiger partial charge in [-0.3, -0.25) is 10.1 Å². The van der Waals surface area contributed by atoms with E-state index in [0.29, 0.717) is 16.3 Å². The van der Waals surface area contributed by atoms with Gasteiger partial charge in [-0.05, 0) is 37.6 Å². The number of rotatable bonds is 3. The number of anilines is 1. The molecule has 7 heteroatoms. The molecule has 5 nitrogen and oxygen atoms in total. The zero-order valence-corrected chi connectivity index (χ0v) is 12.8. The van der Waals surface area contributed by atoms with Crippen molar-refractivity contribution >= 4 is 23.2 Å². The molecule has 0 bridgehead atoms. The number of hydrogen-bond donors (Lipinski definition) is 1. The van der Waals surface area contributed by atoms with Crippen LogP contribution in [0, 0.1) is 19.0 Å². The van der Waals surface area contributed by atoms with Crippen LogP contribution in [0.2, 0.25) is 0 Å². The third-order valence-corrected chi connectivity index (χ3v) is 4.11. The third kappa shape index (κ3) is 2.75. The van der Waals surface area contributed by atoms with E-state index in [1.165, 1.54) is 6.07 Å². The zero-order valence-electron chi connectivity index (χ0n) is 12.0. The summed E-state index contributed by atoms with van der Waals surface area (Å²) in [4.78, 5) is 16.7. The number of thiophene rings is 1. The zero-order chi connectivity index (χ0) is 15.7. The van der Waals surface area contributed by atoms with Gasteiger partial charge in [0.2, 0.25) is 5.95 Å². The molecule has 22 heavy (non-hydrogen) atoms. The Kier molecular flexibility index (Phi) is 3.72. The molecule has 0 atom stereocenters. The summed E-state index contributed by atoms with van der Waals surface area (Å²) in [6.45, 7) is 3.49. The lowest BCUT2D eigenvalue weighted by Gasteiger charge is -2.01. The minimum absolute atomic E-state index is 0.194. The number of para-hydroxylation sites is 1. The van der Waals surface area contributed by atoms with E-state index in [1.54, 1.807) is 18.5 Å². The van der Waals surface area contributed by atoms with Gasteiger partial charge in [0.15, 0.2) is 5.13 Å². The predicted octanol–water partition coefficient (Wildman–Crippen LogP) is 3.34. The highest BCUT2D eigenvalue weighted by molar-refractivity contribution is 7.12. The van der Waals surface area contributed by atoms with Crippen LogP contribution in [0.5, 0.6) is 0 Å². The van der Waals surface area contributed by atoms with Gasteiger partial charge in [0.25, 0.3) is 5.91 Å². The van der Waals surface area contributed by atoms with Crippen LogP contribution in [0.25, 0.3) is 5.69 Å². The van der Waals surface area contributed by atoms with Gasteiger partial charge in [0.05, 0.1) is 10.6 Å². The van der Waals surface area contributed by atoms with Gasteiger partial charge in [-0.25, -0.2) is 4.68 Å².